The summed E-state index contributed by atoms with van der Waals surface area (Å²) in [6.07, 6.45) is 1.99. The molecule has 0 radical (unpaired) electrons. The van der Waals surface area contributed by atoms with Crippen LogP contribution in [0.4, 0.5) is 0 Å². The Balaban J connectivity index is 2.35. The van der Waals surface area contributed by atoms with Gasteiger partial charge < -0.3 is 10.5 Å². The molecule has 0 aliphatic heterocycles. The predicted molar refractivity (Wildman–Crippen MR) is 78.3 cm³/mol. The molecular formula is C14H15N3OS. The fourth-order valence-corrected chi connectivity index (χ4v) is 2.19. The van der Waals surface area contributed by atoms with Gasteiger partial charge in [0.2, 0.25) is 5.88 Å². The van der Waals surface area contributed by atoms with Gasteiger partial charge in [-0.1, -0.05) is 12.1 Å². The molecule has 0 unspecified atom stereocenters. The molecule has 2 rings (SSSR count). The van der Waals surface area contributed by atoms with Crippen LogP contribution in [-0.4, -0.2) is 17.1 Å². The molecule has 3 N–H and O–H groups in total. The van der Waals surface area contributed by atoms with Gasteiger partial charge in [-0.05, 0) is 31.4 Å². The number of aromatic nitrogens is 1. The quantitative estimate of drug-likeness (QED) is 0.510. The third kappa shape index (κ3) is 3.26. The molecule has 19 heavy (non-hydrogen) atoms. The van der Waals surface area contributed by atoms with Crippen LogP contribution in [0, 0.1) is 12.3 Å². The van der Waals surface area contributed by atoms with Crippen molar-refractivity contribution in [2.45, 2.75) is 11.8 Å². The monoisotopic (exact) mass is 273 g/mol. The molecular weight excluding hydrogens is 258 g/mol. The number of benzene rings is 1. The lowest BCUT2D eigenvalue weighted by Crippen LogP contribution is -2.11. The lowest BCUT2D eigenvalue weighted by molar-refractivity contribution is 0.451. The van der Waals surface area contributed by atoms with Crippen molar-refractivity contribution in [3.05, 3.63) is 47.7 Å². The van der Waals surface area contributed by atoms with Gasteiger partial charge in [-0.2, -0.15) is 0 Å². The van der Waals surface area contributed by atoms with E-state index < -0.39 is 0 Å². The van der Waals surface area contributed by atoms with Gasteiger partial charge in [0, 0.05) is 22.2 Å². The molecule has 0 fully saturated rings. The van der Waals surface area contributed by atoms with Crippen molar-refractivity contribution in [3.8, 4) is 11.6 Å². The van der Waals surface area contributed by atoms with E-state index in [9.17, 15) is 0 Å². The van der Waals surface area contributed by atoms with Crippen molar-refractivity contribution in [2.75, 3.05) is 6.26 Å². The first-order valence-electron chi connectivity index (χ1n) is 5.74. The van der Waals surface area contributed by atoms with Crippen LogP contribution in [0.5, 0.6) is 11.6 Å². The second kappa shape index (κ2) is 5.75. The second-order valence-corrected chi connectivity index (χ2v) is 4.85. The van der Waals surface area contributed by atoms with Gasteiger partial charge in [-0.15, -0.1) is 11.8 Å². The maximum absolute atomic E-state index is 7.48. The van der Waals surface area contributed by atoms with Crippen LogP contribution in [-0.2, 0) is 0 Å². The zero-order valence-electron chi connectivity index (χ0n) is 10.8. The van der Waals surface area contributed by atoms with Crippen LogP contribution in [0.15, 0.2) is 41.3 Å². The van der Waals surface area contributed by atoms with E-state index in [1.807, 2.05) is 37.4 Å². The lowest BCUT2D eigenvalue weighted by atomic mass is 10.2. The number of aryl methyl sites for hydroxylation is 1. The fourth-order valence-electron chi connectivity index (χ4n) is 1.66. The molecule has 5 heteroatoms. The number of ether oxygens (including phenoxy) is 1. The summed E-state index contributed by atoms with van der Waals surface area (Å²) >= 11 is 1.61. The summed E-state index contributed by atoms with van der Waals surface area (Å²) in [5.74, 6) is 1.21. The van der Waals surface area contributed by atoms with E-state index in [1.165, 1.54) is 0 Å². The van der Waals surface area contributed by atoms with Gasteiger partial charge in [0.15, 0.2) is 0 Å². The average molecular weight is 273 g/mol. The van der Waals surface area contributed by atoms with Crippen molar-refractivity contribution in [1.82, 2.24) is 4.98 Å². The molecule has 1 aromatic heterocycles. The zero-order valence-corrected chi connectivity index (χ0v) is 11.6. The molecule has 0 bridgehead atoms. The van der Waals surface area contributed by atoms with Crippen LogP contribution in [0.1, 0.15) is 11.3 Å². The third-order valence-corrected chi connectivity index (χ3v) is 3.30. The summed E-state index contributed by atoms with van der Waals surface area (Å²) in [6.45, 7) is 1.85. The number of nitrogens with two attached hydrogens (primary N) is 1. The topological polar surface area (TPSA) is 72.0 Å². The van der Waals surface area contributed by atoms with Crippen LogP contribution in [0.3, 0.4) is 0 Å². The Morgan fingerprint density at radius 2 is 2.05 bits per heavy atom. The maximum atomic E-state index is 7.48. The molecule has 4 nitrogen and oxygen atoms in total. The van der Waals surface area contributed by atoms with Crippen LogP contribution in [0.2, 0.25) is 0 Å². The minimum atomic E-state index is 0.00787. The number of para-hydroxylation sites is 1. The number of pyridine rings is 1. The van der Waals surface area contributed by atoms with Crippen LogP contribution >= 0.6 is 11.8 Å². The van der Waals surface area contributed by atoms with Gasteiger partial charge in [0.05, 0.1) is 0 Å². The van der Waals surface area contributed by atoms with Crippen LogP contribution < -0.4 is 10.5 Å². The zero-order chi connectivity index (χ0) is 13.8. The molecule has 1 heterocycles. The minimum Gasteiger partial charge on any atom is -0.438 e. The number of hydrogen-bond acceptors (Lipinski definition) is 4. The third-order valence-electron chi connectivity index (χ3n) is 2.52. The van der Waals surface area contributed by atoms with Crippen molar-refractivity contribution in [3.63, 3.8) is 0 Å². The first-order valence-corrected chi connectivity index (χ1v) is 6.96. The Labute approximate surface area is 116 Å². The van der Waals surface area contributed by atoms with E-state index in [-0.39, 0.29) is 5.84 Å². The smallest absolute Gasteiger partial charge is 0.220 e. The Morgan fingerprint density at radius 3 is 2.74 bits per heavy atom. The van der Waals surface area contributed by atoms with Crippen molar-refractivity contribution >= 4 is 17.6 Å². The number of rotatable bonds is 4. The molecule has 98 valence electrons. The van der Waals surface area contributed by atoms with E-state index in [0.29, 0.717) is 11.4 Å². The summed E-state index contributed by atoms with van der Waals surface area (Å²) in [5.41, 5.74) is 6.88. The van der Waals surface area contributed by atoms with Crippen molar-refractivity contribution < 1.29 is 4.74 Å². The van der Waals surface area contributed by atoms with E-state index >= 15 is 0 Å². The summed E-state index contributed by atoms with van der Waals surface area (Å²) in [7, 11) is 0. The number of hydrogen-bond donors (Lipinski definition) is 2. The highest BCUT2D eigenvalue weighted by Gasteiger charge is 2.07. The summed E-state index contributed by atoms with van der Waals surface area (Å²) in [5, 5.41) is 7.48. The molecule has 0 aliphatic rings. The van der Waals surface area contributed by atoms with Crippen molar-refractivity contribution in [2.24, 2.45) is 5.73 Å². The molecule has 2 aromatic rings. The van der Waals surface area contributed by atoms with Crippen molar-refractivity contribution in [1.29, 1.82) is 5.41 Å². The molecule has 0 atom stereocenters. The SMILES string of the molecule is CSc1ccccc1Oc1cc(C(=N)N)cc(C)n1. The summed E-state index contributed by atoms with van der Waals surface area (Å²) in [6, 6.07) is 11.2. The second-order valence-electron chi connectivity index (χ2n) is 4.00. The highest BCUT2D eigenvalue weighted by Crippen LogP contribution is 2.30. The number of amidine groups is 1. The van der Waals surface area contributed by atoms with Gasteiger partial charge in [0.1, 0.15) is 11.6 Å². The Bertz CT molecular complexity index is 613. The summed E-state index contributed by atoms with van der Waals surface area (Å²) in [4.78, 5) is 5.34. The maximum Gasteiger partial charge on any atom is 0.220 e. The van der Waals surface area contributed by atoms with Crippen LogP contribution in [0.25, 0.3) is 0 Å². The lowest BCUT2D eigenvalue weighted by Gasteiger charge is -2.10. The molecule has 0 aliphatic carbocycles. The van der Waals surface area contributed by atoms with E-state index in [1.54, 1.807) is 23.9 Å². The standard InChI is InChI=1S/C14H15N3OS/c1-9-7-10(14(15)16)8-13(17-9)18-11-5-3-4-6-12(11)19-2/h3-8H,1-2H3,(H3,15,16). The first-order chi connectivity index (χ1) is 9.10. The van der Waals surface area contributed by atoms with E-state index in [2.05, 4.69) is 4.98 Å². The van der Waals surface area contributed by atoms with Gasteiger partial charge in [-0.25, -0.2) is 4.98 Å². The number of thioether (sulfide) groups is 1. The summed E-state index contributed by atoms with van der Waals surface area (Å²) < 4.78 is 5.79. The number of nitrogens with one attached hydrogen (secondary N) is 1. The van der Waals surface area contributed by atoms with Gasteiger partial charge in [0.25, 0.3) is 0 Å². The highest BCUT2D eigenvalue weighted by molar-refractivity contribution is 7.98. The van der Waals surface area contributed by atoms with E-state index in [4.69, 9.17) is 15.9 Å². The van der Waals surface area contributed by atoms with Gasteiger partial charge >= 0.3 is 0 Å². The predicted octanol–water partition coefficient (Wildman–Crippen LogP) is 3.19. The van der Waals surface area contributed by atoms with E-state index in [0.717, 1.165) is 16.3 Å². The molecule has 0 amide bonds. The average Bonchev–Trinajstić information content (AvgIpc) is 2.38. The number of nitrogen functional groups attached to an aromatic ring is 1. The molecule has 0 saturated heterocycles. The normalized spacial score (nSPS) is 10.2. The molecule has 1 aromatic carbocycles. The minimum absolute atomic E-state index is 0.00787. The highest BCUT2D eigenvalue weighted by atomic mass is 32.2. The first kappa shape index (κ1) is 13.4. The Hall–Kier alpha value is -2.01. The number of nitrogens with zero attached hydrogens (tertiary/aromatic N) is 1. The Morgan fingerprint density at radius 1 is 1.32 bits per heavy atom. The van der Waals surface area contributed by atoms with Gasteiger partial charge in [-0.3, -0.25) is 5.41 Å². The molecule has 0 spiro atoms. The largest absolute Gasteiger partial charge is 0.438 e. The fraction of sp³-hybridized carbons (Fsp3) is 0.143. The Kier molecular flexibility index (Phi) is 4.06. The molecule has 0 saturated carbocycles.